The van der Waals surface area contributed by atoms with Gasteiger partial charge in [0.05, 0.1) is 19.7 Å². The highest BCUT2D eigenvalue weighted by molar-refractivity contribution is 5.79. The molecule has 0 spiro atoms. The molecule has 0 radical (unpaired) electrons. The number of carbonyl (C=O) groups is 1. The highest BCUT2D eigenvalue weighted by Gasteiger charge is 2.32. The van der Waals surface area contributed by atoms with Crippen molar-refractivity contribution >= 4 is 5.91 Å². The molecule has 28 heavy (non-hydrogen) atoms. The standard InChI is InChI=1S/C24H30N2O2/c1-2-28-23-10-6-5-9-22(23)17-25-14-11-20(12-15-25)24(27)26-16-13-19-7-3-4-8-21(19)18-26/h3-10,20H,2,11-18H2,1H3/p+1. The second-order valence-corrected chi connectivity index (χ2v) is 8.02. The molecule has 2 heterocycles. The van der Waals surface area contributed by atoms with Crippen molar-refractivity contribution in [3.05, 3.63) is 65.2 Å². The monoisotopic (exact) mass is 379 g/mol. The van der Waals surface area contributed by atoms with Gasteiger partial charge in [0.15, 0.2) is 0 Å². The van der Waals surface area contributed by atoms with E-state index in [9.17, 15) is 4.79 Å². The molecule has 2 aliphatic heterocycles. The van der Waals surface area contributed by atoms with Gasteiger partial charge in [-0.15, -0.1) is 0 Å². The lowest BCUT2D eigenvalue weighted by Gasteiger charge is -2.35. The maximum atomic E-state index is 13.1. The lowest BCUT2D eigenvalue weighted by Crippen LogP contribution is -3.11. The first-order valence-corrected chi connectivity index (χ1v) is 10.6. The zero-order valence-corrected chi connectivity index (χ0v) is 16.8. The van der Waals surface area contributed by atoms with E-state index in [1.54, 1.807) is 4.90 Å². The number of hydrogen-bond acceptors (Lipinski definition) is 2. The molecule has 2 aliphatic rings. The van der Waals surface area contributed by atoms with Crippen LogP contribution in [0.15, 0.2) is 48.5 Å². The van der Waals surface area contributed by atoms with Crippen molar-refractivity contribution in [1.82, 2.24) is 4.90 Å². The van der Waals surface area contributed by atoms with Gasteiger partial charge in [0.1, 0.15) is 12.3 Å². The third-order valence-corrected chi connectivity index (χ3v) is 6.20. The summed E-state index contributed by atoms with van der Waals surface area (Å²) in [7, 11) is 0. The minimum Gasteiger partial charge on any atom is -0.493 e. The van der Waals surface area contributed by atoms with Crippen LogP contribution < -0.4 is 9.64 Å². The fourth-order valence-corrected chi connectivity index (χ4v) is 4.61. The Morgan fingerprint density at radius 3 is 2.57 bits per heavy atom. The molecule has 0 bridgehead atoms. The number of nitrogens with zero attached hydrogens (tertiary/aromatic N) is 1. The molecular formula is C24H31N2O2+. The van der Waals surface area contributed by atoms with Gasteiger partial charge in [-0.25, -0.2) is 0 Å². The van der Waals surface area contributed by atoms with E-state index in [2.05, 4.69) is 47.4 Å². The van der Waals surface area contributed by atoms with Crippen LogP contribution in [0.25, 0.3) is 0 Å². The van der Waals surface area contributed by atoms with E-state index in [1.165, 1.54) is 16.7 Å². The normalized spacial score (nSPS) is 21.8. The second kappa shape index (κ2) is 8.78. The number of benzene rings is 2. The van der Waals surface area contributed by atoms with E-state index < -0.39 is 0 Å². The summed E-state index contributed by atoms with van der Waals surface area (Å²) >= 11 is 0. The summed E-state index contributed by atoms with van der Waals surface area (Å²) in [4.78, 5) is 16.7. The Morgan fingerprint density at radius 1 is 1.07 bits per heavy atom. The highest BCUT2D eigenvalue weighted by atomic mass is 16.5. The molecule has 148 valence electrons. The topological polar surface area (TPSA) is 34.0 Å². The predicted octanol–water partition coefficient (Wildman–Crippen LogP) is 2.47. The van der Waals surface area contributed by atoms with Crippen molar-refractivity contribution < 1.29 is 14.4 Å². The van der Waals surface area contributed by atoms with Crippen LogP contribution >= 0.6 is 0 Å². The van der Waals surface area contributed by atoms with Gasteiger partial charge in [0.2, 0.25) is 5.91 Å². The summed E-state index contributed by atoms with van der Waals surface area (Å²) in [5.41, 5.74) is 3.99. The smallest absolute Gasteiger partial charge is 0.226 e. The number of nitrogens with one attached hydrogen (secondary N) is 1. The molecule has 4 rings (SSSR count). The number of piperidine rings is 1. The summed E-state index contributed by atoms with van der Waals surface area (Å²) in [6, 6.07) is 16.9. The van der Waals surface area contributed by atoms with Crippen LogP contribution in [-0.4, -0.2) is 37.0 Å². The molecular weight excluding hydrogens is 348 g/mol. The Morgan fingerprint density at radius 2 is 1.79 bits per heavy atom. The Hall–Kier alpha value is -2.33. The number of rotatable bonds is 5. The molecule has 4 nitrogen and oxygen atoms in total. The Kier molecular flexibility index (Phi) is 5.96. The van der Waals surface area contributed by atoms with Crippen molar-refractivity contribution in [2.75, 3.05) is 26.2 Å². The number of para-hydroxylation sites is 1. The van der Waals surface area contributed by atoms with Crippen molar-refractivity contribution in [1.29, 1.82) is 0 Å². The summed E-state index contributed by atoms with van der Waals surface area (Å²) in [6.45, 7) is 7.47. The maximum absolute atomic E-state index is 13.1. The lowest BCUT2D eigenvalue weighted by atomic mass is 9.93. The quantitative estimate of drug-likeness (QED) is 0.866. The van der Waals surface area contributed by atoms with Crippen molar-refractivity contribution in [2.45, 2.75) is 39.3 Å². The molecule has 2 aromatic carbocycles. The molecule has 0 aliphatic carbocycles. The third kappa shape index (κ3) is 4.22. The van der Waals surface area contributed by atoms with Crippen molar-refractivity contribution in [2.24, 2.45) is 5.92 Å². The van der Waals surface area contributed by atoms with E-state index >= 15 is 0 Å². The second-order valence-electron chi connectivity index (χ2n) is 8.02. The lowest BCUT2D eigenvalue weighted by molar-refractivity contribution is -0.919. The minimum atomic E-state index is 0.191. The molecule has 1 fully saturated rings. The zero-order chi connectivity index (χ0) is 19.3. The Balaban J connectivity index is 1.31. The molecule has 1 saturated heterocycles. The number of hydrogen-bond donors (Lipinski definition) is 1. The van der Waals surface area contributed by atoms with Crippen LogP contribution in [0, 0.1) is 5.92 Å². The number of carbonyl (C=O) groups excluding carboxylic acids is 1. The summed E-state index contributed by atoms with van der Waals surface area (Å²) < 4.78 is 5.77. The van der Waals surface area contributed by atoms with E-state index in [1.807, 2.05) is 13.0 Å². The van der Waals surface area contributed by atoms with Crippen LogP contribution in [0.2, 0.25) is 0 Å². The molecule has 4 heteroatoms. The van der Waals surface area contributed by atoms with Gasteiger partial charge in [-0.2, -0.15) is 0 Å². The first-order valence-electron chi connectivity index (χ1n) is 10.6. The maximum Gasteiger partial charge on any atom is 0.226 e. The van der Waals surface area contributed by atoms with Crippen LogP contribution in [0.3, 0.4) is 0 Å². The van der Waals surface area contributed by atoms with Crippen molar-refractivity contribution in [3.8, 4) is 5.75 Å². The molecule has 2 aromatic rings. The van der Waals surface area contributed by atoms with Crippen molar-refractivity contribution in [3.63, 3.8) is 0 Å². The number of quaternary nitrogens is 1. The first kappa shape index (κ1) is 19.0. The Bertz CT molecular complexity index is 812. The number of ether oxygens (including phenoxy) is 1. The zero-order valence-electron chi connectivity index (χ0n) is 16.8. The van der Waals surface area contributed by atoms with Crippen LogP contribution in [0.1, 0.15) is 36.5 Å². The fraction of sp³-hybridized carbons (Fsp3) is 0.458. The molecule has 0 saturated carbocycles. The summed E-state index contributed by atoms with van der Waals surface area (Å²) in [5, 5.41) is 0. The van der Waals surface area contributed by atoms with Gasteiger partial charge in [-0.3, -0.25) is 4.79 Å². The number of fused-ring (bicyclic) bond motifs is 1. The first-order chi connectivity index (χ1) is 13.7. The van der Waals surface area contributed by atoms with E-state index in [0.29, 0.717) is 12.5 Å². The summed E-state index contributed by atoms with van der Waals surface area (Å²) in [6.07, 6.45) is 2.96. The molecule has 1 N–H and O–H groups in total. The molecule has 1 amide bonds. The molecule has 0 atom stereocenters. The van der Waals surface area contributed by atoms with E-state index in [0.717, 1.165) is 57.7 Å². The number of amides is 1. The molecule has 0 unspecified atom stereocenters. The minimum absolute atomic E-state index is 0.191. The summed E-state index contributed by atoms with van der Waals surface area (Å²) in [5.74, 6) is 1.56. The van der Waals surface area contributed by atoms with Gasteiger partial charge in [0, 0.05) is 37.4 Å². The van der Waals surface area contributed by atoms with Gasteiger partial charge in [-0.05, 0) is 36.6 Å². The van der Waals surface area contributed by atoms with Gasteiger partial charge in [0.25, 0.3) is 0 Å². The highest BCUT2D eigenvalue weighted by Crippen LogP contribution is 2.23. The van der Waals surface area contributed by atoms with Crippen LogP contribution in [-0.2, 0) is 24.3 Å². The predicted molar refractivity (Wildman–Crippen MR) is 110 cm³/mol. The van der Waals surface area contributed by atoms with E-state index in [4.69, 9.17) is 4.74 Å². The largest absolute Gasteiger partial charge is 0.493 e. The molecule has 0 aromatic heterocycles. The SMILES string of the molecule is CCOc1ccccc1C[NH+]1CCC(C(=O)N2CCc3ccccc3C2)CC1. The average molecular weight is 380 g/mol. The van der Waals surface area contributed by atoms with Crippen LogP contribution in [0.4, 0.5) is 0 Å². The fourth-order valence-electron chi connectivity index (χ4n) is 4.61. The average Bonchev–Trinajstić information content (AvgIpc) is 2.75. The van der Waals surface area contributed by atoms with Gasteiger partial charge < -0.3 is 14.5 Å². The Labute approximate surface area is 168 Å². The van der Waals surface area contributed by atoms with Gasteiger partial charge >= 0.3 is 0 Å². The third-order valence-electron chi connectivity index (χ3n) is 6.20. The van der Waals surface area contributed by atoms with Gasteiger partial charge in [-0.1, -0.05) is 36.4 Å². The van der Waals surface area contributed by atoms with E-state index in [-0.39, 0.29) is 5.92 Å². The van der Waals surface area contributed by atoms with Crippen LogP contribution in [0.5, 0.6) is 5.75 Å². The number of likely N-dealkylation sites (tertiary alicyclic amines) is 1.